The maximum absolute atomic E-state index is 12.8. The molecule has 1 N–H and O–H groups in total. The fourth-order valence-electron chi connectivity index (χ4n) is 1.82. The summed E-state index contributed by atoms with van der Waals surface area (Å²) in [5.74, 6) is -2.04. The van der Waals surface area contributed by atoms with Crippen molar-refractivity contribution in [3.8, 4) is 0 Å². The van der Waals surface area contributed by atoms with E-state index in [1.807, 2.05) is 0 Å². The number of sulfone groups is 1. The summed E-state index contributed by atoms with van der Waals surface area (Å²) in [6.07, 6.45) is 0. The van der Waals surface area contributed by atoms with Crippen LogP contribution in [0.1, 0.15) is 5.56 Å². The average molecular weight is 342 g/mol. The molecule has 7 heteroatoms. The summed E-state index contributed by atoms with van der Waals surface area (Å²) in [6, 6.07) is 11.4. The second-order valence-electron chi connectivity index (χ2n) is 4.71. The number of benzene rings is 2. The van der Waals surface area contributed by atoms with Crippen molar-refractivity contribution in [2.75, 3.05) is 11.1 Å². The normalized spacial score (nSPS) is 11.2. The van der Waals surface area contributed by atoms with Gasteiger partial charge in [0.2, 0.25) is 5.91 Å². The maximum Gasteiger partial charge on any atom is 0.239 e. The third-order valence-electron chi connectivity index (χ3n) is 2.78. The van der Waals surface area contributed by atoms with Gasteiger partial charge in [0.15, 0.2) is 9.84 Å². The van der Waals surface area contributed by atoms with E-state index in [1.54, 1.807) is 24.3 Å². The van der Waals surface area contributed by atoms with E-state index >= 15 is 0 Å². The monoisotopic (exact) mass is 341 g/mol. The zero-order valence-electron chi connectivity index (χ0n) is 11.4. The van der Waals surface area contributed by atoms with Crippen LogP contribution in [0, 0.1) is 5.82 Å². The van der Waals surface area contributed by atoms with E-state index in [1.165, 1.54) is 24.3 Å². The molecule has 1 amide bonds. The highest BCUT2D eigenvalue weighted by Gasteiger charge is 2.17. The Labute approximate surface area is 132 Å². The van der Waals surface area contributed by atoms with Crippen LogP contribution in [0.15, 0.2) is 48.5 Å². The lowest BCUT2D eigenvalue weighted by atomic mass is 10.2. The quantitative estimate of drug-likeness (QED) is 0.909. The van der Waals surface area contributed by atoms with Crippen LogP contribution in [0.2, 0.25) is 5.02 Å². The first-order valence-electron chi connectivity index (χ1n) is 6.34. The number of hydrogen-bond acceptors (Lipinski definition) is 3. The van der Waals surface area contributed by atoms with Gasteiger partial charge in [0, 0.05) is 10.7 Å². The number of hydrogen-bond donors (Lipinski definition) is 1. The van der Waals surface area contributed by atoms with Gasteiger partial charge >= 0.3 is 0 Å². The topological polar surface area (TPSA) is 63.2 Å². The van der Waals surface area contributed by atoms with E-state index in [0.717, 1.165) is 0 Å². The van der Waals surface area contributed by atoms with Gasteiger partial charge in [-0.25, -0.2) is 12.8 Å². The van der Waals surface area contributed by atoms with Crippen molar-refractivity contribution in [2.24, 2.45) is 0 Å². The minimum atomic E-state index is -3.64. The summed E-state index contributed by atoms with van der Waals surface area (Å²) in [6.45, 7) is 0. The van der Waals surface area contributed by atoms with Gasteiger partial charge in [-0.3, -0.25) is 4.79 Å². The predicted octanol–water partition coefficient (Wildman–Crippen LogP) is 3.03. The van der Waals surface area contributed by atoms with Crippen LogP contribution in [0.3, 0.4) is 0 Å². The molecule has 0 aliphatic heterocycles. The van der Waals surface area contributed by atoms with Gasteiger partial charge in [0.25, 0.3) is 0 Å². The van der Waals surface area contributed by atoms with Gasteiger partial charge in [-0.15, -0.1) is 0 Å². The van der Waals surface area contributed by atoms with Crippen LogP contribution in [-0.4, -0.2) is 20.1 Å². The fraction of sp³-hybridized carbons (Fsp3) is 0.133. The minimum absolute atomic E-state index is 0.318. The Morgan fingerprint density at radius 1 is 1.05 bits per heavy atom. The number of nitrogens with one attached hydrogen (secondary N) is 1. The third kappa shape index (κ3) is 5.13. The van der Waals surface area contributed by atoms with Gasteiger partial charge in [-0.1, -0.05) is 23.7 Å². The Morgan fingerprint density at radius 2 is 1.64 bits per heavy atom. The van der Waals surface area contributed by atoms with Gasteiger partial charge in [0.1, 0.15) is 11.6 Å². The molecule has 0 aliphatic rings. The van der Waals surface area contributed by atoms with Crippen molar-refractivity contribution < 1.29 is 17.6 Å². The molecular weight excluding hydrogens is 329 g/mol. The van der Waals surface area contributed by atoms with Crippen LogP contribution in [0.5, 0.6) is 0 Å². The first-order valence-corrected chi connectivity index (χ1v) is 8.54. The van der Waals surface area contributed by atoms with Gasteiger partial charge in [-0.05, 0) is 42.0 Å². The number of carbonyl (C=O) groups is 1. The second-order valence-corrected chi connectivity index (χ2v) is 7.21. The molecule has 0 atom stereocenters. The van der Waals surface area contributed by atoms with Gasteiger partial charge < -0.3 is 5.32 Å². The Morgan fingerprint density at radius 3 is 2.23 bits per heavy atom. The van der Waals surface area contributed by atoms with Crippen molar-refractivity contribution in [3.63, 3.8) is 0 Å². The molecule has 0 spiro atoms. The first kappa shape index (κ1) is 16.5. The Hall–Kier alpha value is -1.92. The number of rotatable bonds is 5. The Bertz CT molecular complexity index is 758. The smallest absolute Gasteiger partial charge is 0.239 e. The molecule has 4 nitrogen and oxygen atoms in total. The summed E-state index contributed by atoms with van der Waals surface area (Å²) in [5.41, 5.74) is 0.895. The van der Waals surface area contributed by atoms with Crippen molar-refractivity contribution in [1.82, 2.24) is 0 Å². The van der Waals surface area contributed by atoms with Crippen molar-refractivity contribution in [2.45, 2.75) is 5.75 Å². The molecule has 0 saturated heterocycles. The molecule has 0 unspecified atom stereocenters. The molecule has 0 fully saturated rings. The summed E-state index contributed by atoms with van der Waals surface area (Å²) in [5, 5.41) is 3.00. The molecule has 0 saturated carbocycles. The lowest BCUT2D eigenvalue weighted by molar-refractivity contribution is -0.113. The summed E-state index contributed by atoms with van der Waals surface area (Å²) in [4.78, 5) is 11.8. The van der Waals surface area contributed by atoms with Crippen LogP contribution in [0.25, 0.3) is 0 Å². The van der Waals surface area contributed by atoms with Crippen LogP contribution >= 0.6 is 11.6 Å². The number of amides is 1. The highest BCUT2D eigenvalue weighted by atomic mass is 35.5. The summed E-state index contributed by atoms with van der Waals surface area (Å²) in [7, 11) is -3.64. The number of anilines is 1. The van der Waals surface area contributed by atoms with Crippen molar-refractivity contribution in [3.05, 3.63) is 64.9 Å². The molecule has 0 radical (unpaired) electrons. The summed E-state index contributed by atoms with van der Waals surface area (Å²) < 4.78 is 36.7. The minimum Gasteiger partial charge on any atom is -0.325 e. The zero-order valence-corrected chi connectivity index (χ0v) is 13.0. The van der Waals surface area contributed by atoms with Crippen molar-refractivity contribution >= 4 is 33.0 Å². The molecule has 2 aromatic carbocycles. The van der Waals surface area contributed by atoms with E-state index in [2.05, 4.69) is 5.32 Å². The molecular formula is C15H13ClFNO3S. The lowest BCUT2D eigenvalue weighted by Gasteiger charge is -2.07. The Balaban J connectivity index is 1.97. The molecule has 22 heavy (non-hydrogen) atoms. The van der Waals surface area contributed by atoms with E-state index in [4.69, 9.17) is 11.6 Å². The van der Waals surface area contributed by atoms with Crippen LogP contribution in [-0.2, 0) is 20.4 Å². The highest BCUT2D eigenvalue weighted by molar-refractivity contribution is 7.91. The zero-order chi connectivity index (χ0) is 16.2. The number of carbonyl (C=O) groups excluding carboxylic acids is 1. The maximum atomic E-state index is 12.8. The van der Waals surface area contributed by atoms with E-state index in [0.29, 0.717) is 16.3 Å². The molecule has 0 heterocycles. The third-order valence-corrected chi connectivity index (χ3v) is 4.51. The first-order chi connectivity index (χ1) is 10.3. The fourth-order valence-corrected chi connectivity index (χ4v) is 3.22. The molecule has 0 bridgehead atoms. The summed E-state index contributed by atoms with van der Waals surface area (Å²) >= 11 is 5.72. The standard InChI is InChI=1S/C15H13ClFNO3S/c16-12-3-7-14(8-4-12)18-15(19)10-22(20,21)9-11-1-5-13(17)6-2-11/h1-8H,9-10H2,(H,18,19). The van der Waals surface area contributed by atoms with Crippen LogP contribution < -0.4 is 5.32 Å². The van der Waals surface area contributed by atoms with E-state index < -0.39 is 27.3 Å². The van der Waals surface area contributed by atoms with Gasteiger partial charge in [-0.2, -0.15) is 0 Å². The average Bonchev–Trinajstić information content (AvgIpc) is 2.43. The largest absolute Gasteiger partial charge is 0.325 e. The van der Waals surface area contributed by atoms with Crippen molar-refractivity contribution in [1.29, 1.82) is 0 Å². The second kappa shape index (κ2) is 6.89. The molecule has 2 rings (SSSR count). The molecule has 2 aromatic rings. The molecule has 0 aliphatic carbocycles. The van der Waals surface area contributed by atoms with Gasteiger partial charge in [0.05, 0.1) is 5.75 Å². The highest BCUT2D eigenvalue weighted by Crippen LogP contribution is 2.14. The lowest BCUT2D eigenvalue weighted by Crippen LogP contribution is -2.23. The SMILES string of the molecule is O=C(CS(=O)(=O)Cc1ccc(F)cc1)Nc1ccc(Cl)cc1. The Kier molecular flexibility index (Phi) is 5.15. The molecule has 0 aromatic heterocycles. The van der Waals surface area contributed by atoms with Crippen LogP contribution in [0.4, 0.5) is 10.1 Å². The van der Waals surface area contributed by atoms with E-state index in [-0.39, 0.29) is 5.75 Å². The predicted molar refractivity (Wildman–Crippen MR) is 84.0 cm³/mol. The number of halogens is 2. The van der Waals surface area contributed by atoms with E-state index in [9.17, 15) is 17.6 Å². The molecule has 116 valence electrons.